The molecule has 0 spiro atoms. The zero-order valence-electron chi connectivity index (χ0n) is 9.87. The highest BCUT2D eigenvalue weighted by Crippen LogP contribution is 2.28. The fourth-order valence-corrected chi connectivity index (χ4v) is 4.04. The first-order valence-corrected chi connectivity index (χ1v) is 8.09. The quantitative estimate of drug-likeness (QED) is 0.889. The molecular formula is C12H15BrN2S2. The van der Waals surface area contributed by atoms with Gasteiger partial charge in [-0.1, -0.05) is 0 Å². The molecule has 5 heteroatoms. The third-order valence-electron chi connectivity index (χ3n) is 2.54. The van der Waals surface area contributed by atoms with Gasteiger partial charge < -0.3 is 5.32 Å². The molecular weight excluding hydrogens is 316 g/mol. The van der Waals surface area contributed by atoms with Gasteiger partial charge in [-0.05, 0) is 41.2 Å². The summed E-state index contributed by atoms with van der Waals surface area (Å²) in [5.74, 6) is 0. The first kappa shape index (κ1) is 13.2. The second kappa shape index (κ2) is 6.09. The Morgan fingerprint density at radius 3 is 2.88 bits per heavy atom. The van der Waals surface area contributed by atoms with Gasteiger partial charge in [-0.2, -0.15) is 0 Å². The van der Waals surface area contributed by atoms with Gasteiger partial charge in [-0.3, -0.25) is 0 Å². The van der Waals surface area contributed by atoms with Crippen molar-refractivity contribution in [3.63, 3.8) is 0 Å². The van der Waals surface area contributed by atoms with E-state index in [4.69, 9.17) is 0 Å². The molecule has 1 N–H and O–H groups in total. The second-order valence-corrected chi connectivity index (χ2v) is 6.78. The molecule has 2 rings (SSSR count). The summed E-state index contributed by atoms with van der Waals surface area (Å²) < 4.78 is 1.20. The Hall–Kier alpha value is -0.230. The monoisotopic (exact) mass is 330 g/mol. The van der Waals surface area contributed by atoms with Crippen LogP contribution < -0.4 is 5.32 Å². The Morgan fingerprint density at radius 2 is 2.29 bits per heavy atom. The van der Waals surface area contributed by atoms with Crippen LogP contribution in [-0.4, -0.2) is 11.5 Å². The maximum atomic E-state index is 4.46. The molecule has 0 amide bonds. The number of aryl methyl sites for hydroxylation is 1. The smallest absolute Gasteiger partial charge is 0.0897 e. The second-order valence-electron chi connectivity index (χ2n) is 3.92. The lowest BCUT2D eigenvalue weighted by atomic mass is 10.2. The third kappa shape index (κ3) is 3.61. The van der Waals surface area contributed by atoms with Gasteiger partial charge in [0.15, 0.2) is 0 Å². The van der Waals surface area contributed by atoms with Gasteiger partial charge in [0.2, 0.25) is 0 Å². The molecule has 0 aliphatic heterocycles. The number of halogens is 1. The van der Waals surface area contributed by atoms with E-state index in [-0.39, 0.29) is 0 Å². The van der Waals surface area contributed by atoms with Crippen molar-refractivity contribution < 1.29 is 0 Å². The van der Waals surface area contributed by atoms with Crippen molar-refractivity contribution >= 4 is 38.6 Å². The molecule has 0 fully saturated rings. The summed E-state index contributed by atoms with van der Waals surface area (Å²) in [6.45, 7) is 5.21. The lowest BCUT2D eigenvalue weighted by molar-refractivity contribution is 0.580. The highest BCUT2D eigenvalue weighted by atomic mass is 79.9. The highest BCUT2D eigenvalue weighted by Gasteiger charge is 2.10. The predicted octanol–water partition coefficient (Wildman–Crippen LogP) is 4.17. The number of nitrogens with zero attached hydrogens (tertiary/aromatic N) is 1. The number of hydrogen-bond donors (Lipinski definition) is 1. The summed E-state index contributed by atoms with van der Waals surface area (Å²) in [6, 6.07) is 2.49. The molecule has 2 aromatic rings. The van der Waals surface area contributed by atoms with Crippen LogP contribution in [0.4, 0.5) is 0 Å². The van der Waals surface area contributed by atoms with Crippen LogP contribution in [0.5, 0.6) is 0 Å². The summed E-state index contributed by atoms with van der Waals surface area (Å²) in [6.07, 6.45) is 0.998. The summed E-state index contributed by atoms with van der Waals surface area (Å²) in [7, 11) is 0. The van der Waals surface area contributed by atoms with Gasteiger partial charge in [0, 0.05) is 33.7 Å². The predicted molar refractivity (Wildman–Crippen MR) is 79.0 cm³/mol. The Bertz CT molecular complexity index is 478. The molecule has 0 aliphatic carbocycles. The molecule has 0 bridgehead atoms. The summed E-state index contributed by atoms with van der Waals surface area (Å²) in [4.78, 5) is 5.82. The molecule has 1 atom stereocenters. The van der Waals surface area contributed by atoms with Crippen molar-refractivity contribution in [3.05, 3.63) is 36.9 Å². The standard InChI is InChI=1S/C12H15BrN2S2/c1-8(12-11(13)4-6-16-12)14-5-3-10-7-17-9(2)15-10/h4,6-8,14H,3,5H2,1-2H3. The molecule has 92 valence electrons. The molecule has 17 heavy (non-hydrogen) atoms. The molecule has 0 saturated carbocycles. The number of thiophene rings is 1. The van der Waals surface area contributed by atoms with Crippen molar-refractivity contribution in [2.45, 2.75) is 26.3 Å². The average Bonchev–Trinajstić information content (AvgIpc) is 2.87. The number of thiazole rings is 1. The van der Waals surface area contributed by atoms with Crippen molar-refractivity contribution in [2.24, 2.45) is 0 Å². The first-order chi connectivity index (χ1) is 8.16. The molecule has 0 aromatic carbocycles. The largest absolute Gasteiger partial charge is 0.309 e. The number of nitrogens with one attached hydrogen (secondary N) is 1. The van der Waals surface area contributed by atoms with Crippen LogP contribution in [0.3, 0.4) is 0 Å². The zero-order valence-corrected chi connectivity index (χ0v) is 13.1. The van der Waals surface area contributed by atoms with Crippen molar-refractivity contribution in [2.75, 3.05) is 6.54 Å². The fraction of sp³-hybridized carbons (Fsp3) is 0.417. The molecule has 2 heterocycles. The van der Waals surface area contributed by atoms with Crippen LogP contribution >= 0.6 is 38.6 Å². The van der Waals surface area contributed by atoms with Gasteiger partial charge in [-0.15, -0.1) is 22.7 Å². The maximum absolute atomic E-state index is 4.46. The Labute approximate surface area is 118 Å². The van der Waals surface area contributed by atoms with Gasteiger partial charge in [0.1, 0.15) is 0 Å². The average molecular weight is 331 g/mol. The fourth-order valence-electron chi connectivity index (χ4n) is 1.65. The van der Waals surface area contributed by atoms with E-state index in [0.29, 0.717) is 6.04 Å². The Kier molecular flexibility index (Phi) is 4.73. The van der Waals surface area contributed by atoms with Gasteiger partial charge in [-0.25, -0.2) is 4.98 Å². The van der Waals surface area contributed by atoms with Gasteiger partial charge in [0.05, 0.1) is 10.7 Å². The summed E-state index contributed by atoms with van der Waals surface area (Å²) in [5.41, 5.74) is 1.19. The summed E-state index contributed by atoms with van der Waals surface area (Å²) >= 11 is 7.07. The van der Waals surface area contributed by atoms with E-state index in [1.165, 1.54) is 15.0 Å². The number of hydrogen-bond acceptors (Lipinski definition) is 4. The van der Waals surface area contributed by atoms with Gasteiger partial charge in [0.25, 0.3) is 0 Å². The molecule has 0 saturated heterocycles. The van der Waals surface area contributed by atoms with E-state index >= 15 is 0 Å². The van der Waals surface area contributed by atoms with Crippen molar-refractivity contribution in [1.29, 1.82) is 0 Å². The maximum Gasteiger partial charge on any atom is 0.0897 e. The topological polar surface area (TPSA) is 24.9 Å². The van der Waals surface area contributed by atoms with E-state index < -0.39 is 0 Å². The zero-order chi connectivity index (χ0) is 12.3. The molecule has 1 unspecified atom stereocenters. The Balaban J connectivity index is 1.81. The third-order valence-corrected chi connectivity index (χ3v) is 5.41. The summed E-state index contributed by atoms with van der Waals surface area (Å²) in [5, 5.41) is 8.93. The first-order valence-electron chi connectivity index (χ1n) is 5.54. The minimum absolute atomic E-state index is 0.393. The van der Waals surface area contributed by atoms with Crippen molar-refractivity contribution in [3.8, 4) is 0 Å². The van der Waals surface area contributed by atoms with Crippen LogP contribution in [0.25, 0.3) is 0 Å². The van der Waals surface area contributed by atoms with Crippen LogP contribution in [-0.2, 0) is 6.42 Å². The van der Waals surface area contributed by atoms with Crippen LogP contribution in [0.2, 0.25) is 0 Å². The minimum atomic E-state index is 0.393. The Morgan fingerprint density at radius 1 is 1.47 bits per heavy atom. The lowest BCUT2D eigenvalue weighted by Crippen LogP contribution is -2.20. The SMILES string of the molecule is Cc1nc(CCNC(C)c2sccc2Br)cs1. The molecule has 0 radical (unpaired) electrons. The molecule has 2 nitrogen and oxygen atoms in total. The van der Waals surface area contributed by atoms with E-state index in [2.05, 4.69) is 50.0 Å². The van der Waals surface area contributed by atoms with Crippen LogP contribution in [0.15, 0.2) is 21.3 Å². The normalized spacial score (nSPS) is 12.9. The number of aromatic nitrogens is 1. The number of rotatable bonds is 5. The van der Waals surface area contributed by atoms with E-state index in [9.17, 15) is 0 Å². The van der Waals surface area contributed by atoms with Crippen molar-refractivity contribution in [1.82, 2.24) is 10.3 Å². The lowest BCUT2D eigenvalue weighted by Gasteiger charge is -2.12. The van der Waals surface area contributed by atoms with Gasteiger partial charge >= 0.3 is 0 Å². The molecule has 2 aromatic heterocycles. The van der Waals surface area contributed by atoms with E-state index in [1.807, 2.05) is 6.92 Å². The minimum Gasteiger partial charge on any atom is -0.309 e. The van der Waals surface area contributed by atoms with E-state index in [0.717, 1.165) is 18.0 Å². The molecule has 0 aliphatic rings. The van der Waals surface area contributed by atoms with Crippen LogP contribution in [0.1, 0.15) is 28.5 Å². The van der Waals surface area contributed by atoms with E-state index in [1.54, 1.807) is 22.7 Å². The highest BCUT2D eigenvalue weighted by molar-refractivity contribution is 9.10. The van der Waals surface area contributed by atoms with Crippen LogP contribution in [0, 0.1) is 6.92 Å².